The van der Waals surface area contributed by atoms with E-state index in [0.29, 0.717) is 0 Å². The number of aliphatic carboxylic acids is 1. The van der Waals surface area contributed by atoms with Crippen LogP contribution < -0.4 is 5.32 Å². The molecule has 2 aromatic carbocycles. The van der Waals surface area contributed by atoms with Gasteiger partial charge < -0.3 is 20.1 Å². The van der Waals surface area contributed by atoms with Crippen LogP contribution in [-0.2, 0) is 14.3 Å². The number of carboxylic acids is 1. The minimum absolute atomic E-state index is 0.0487. The molecule has 0 saturated carbocycles. The highest BCUT2D eigenvalue weighted by Gasteiger charge is 2.36. The van der Waals surface area contributed by atoms with E-state index in [1.54, 1.807) is 7.05 Å². The standard InChI is InChI=1S/C26H32N2O5/c1-16(24(30)31)14-28(5)23(29)22(26(2,3)4)27-25(32)33-15-21-19-12-8-6-10-17(19)18-11-7-9-13-20(18)21/h6-13,16,21-22H,14-15H2,1-5H3,(H,27,32)(H,30,31)/t16?,22-/m1/s1. The average Bonchev–Trinajstić information content (AvgIpc) is 3.08. The molecule has 1 aliphatic carbocycles. The van der Waals surface area contributed by atoms with E-state index in [1.165, 1.54) is 11.8 Å². The number of carboxylic acid groups (broad SMARTS) is 1. The molecule has 33 heavy (non-hydrogen) atoms. The van der Waals surface area contributed by atoms with Gasteiger partial charge in [0.05, 0.1) is 5.92 Å². The van der Waals surface area contributed by atoms with Gasteiger partial charge in [-0.2, -0.15) is 0 Å². The normalized spacial score (nSPS) is 14.6. The number of ether oxygens (including phenoxy) is 1. The van der Waals surface area contributed by atoms with Crippen LogP contribution in [0.5, 0.6) is 0 Å². The lowest BCUT2D eigenvalue weighted by Gasteiger charge is -2.33. The van der Waals surface area contributed by atoms with E-state index in [0.717, 1.165) is 22.3 Å². The maximum Gasteiger partial charge on any atom is 0.407 e. The van der Waals surface area contributed by atoms with Gasteiger partial charge in [0.1, 0.15) is 12.6 Å². The fraction of sp³-hybridized carbons (Fsp3) is 0.423. The summed E-state index contributed by atoms with van der Waals surface area (Å²) in [4.78, 5) is 38.3. The third-order valence-electron chi connectivity index (χ3n) is 6.06. The second kappa shape index (κ2) is 9.65. The van der Waals surface area contributed by atoms with Gasteiger partial charge in [0.15, 0.2) is 0 Å². The molecular weight excluding hydrogens is 420 g/mol. The molecule has 0 fully saturated rings. The van der Waals surface area contributed by atoms with Gasteiger partial charge in [-0.05, 0) is 27.7 Å². The third kappa shape index (κ3) is 5.35. The first kappa shape index (κ1) is 24.3. The van der Waals surface area contributed by atoms with Gasteiger partial charge in [0, 0.05) is 19.5 Å². The van der Waals surface area contributed by atoms with Crippen molar-refractivity contribution in [2.45, 2.75) is 39.7 Å². The van der Waals surface area contributed by atoms with Gasteiger partial charge in [0.25, 0.3) is 0 Å². The van der Waals surface area contributed by atoms with Gasteiger partial charge in [-0.15, -0.1) is 0 Å². The number of nitrogens with one attached hydrogen (secondary N) is 1. The molecule has 1 unspecified atom stereocenters. The predicted octanol–water partition coefficient (Wildman–Crippen LogP) is 4.12. The number of alkyl carbamates (subject to hydrolysis) is 1. The molecule has 3 rings (SSSR count). The number of rotatable bonds is 7. The number of fused-ring (bicyclic) bond motifs is 3. The molecule has 0 heterocycles. The van der Waals surface area contributed by atoms with Crippen LogP contribution >= 0.6 is 0 Å². The highest BCUT2D eigenvalue weighted by molar-refractivity contribution is 5.87. The molecule has 2 N–H and O–H groups in total. The van der Waals surface area contributed by atoms with Crippen molar-refractivity contribution in [2.24, 2.45) is 11.3 Å². The Kier molecular flexibility index (Phi) is 7.10. The maximum absolute atomic E-state index is 13.0. The minimum atomic E-state index is -0.980. The molecule has 0 saturated heterocycles. The molecule has 2 amide bonds. The van der Waals surface area contributed by atoms with Crippen LogP contribution in [0.15, 0.2) is 48.5 Å². The van der Waals surface area contributed by atoms with Gasteiger partial charge in [-0.1, -0.05) is 76.2 Å². The van der Waals surface area contributed by atoms with Crippen molar-refractivity contribution >= 4 is 18.0 Å². The summed E-state index contributed by atoms with van der Waals surface area (Å²) in [5.74, 6) is -2.13. The summed E-state index contributed by atoms with van der Waals surface area (Å²) in [6.07, 6.45) is -0.676. The Balaban J connectivity index is 1.69. The first-order valence-electron chi connectivity index (χ1n) is 11.1. The Hall–Kier alpha value is -3.35. The zero-order chi connectivity index (χ0) is 24.3. The lowest BCUT2D eigenvalue weighted by atomic mass is 9.86. The second-order valence-electron chi connectivity index (χ2n) is 9.73. The van der Waals surface area contributed by atoms with Crippen LogP contribution in [-0.4, -0.2) is 54.2 Å². The summed E-state index contributed by atoms with van der Waals surface area (Å²) < 4.78 is 5.60. The van der Waals surface area contributed by atoms with Crippen molar-refractivity contribution in [1.82, 2.24) is 10.2 Å². The number of carbonyl (C=O) groups is 3. The van der Waals surface area contributed by atoms with Crippen molar-refractivity contribution in [2.75, 3.05) is 20.2 Å². The number of benzene rings is 2. The highest BCUT2D eigenvalue weighted by Crippen LogP contribution is 2.44. The molecule has 0 spiro atoms. The number of nitrogens with zero attached hydrogens (tertiary/aromatic N) is 1. The Morgan fingerprint density at radius 1 is 1.03 bits per heavy atom. The molecule has 7 heteroatoms. The van der Waals surface area contributed by atoms with Crippen molar-refractivity contribution < 1.29 is 24.2 Å². The summed E-state index contributed by atoms with van der Waals surface area (Å²) in [5, 5.41) is 11.9. The van der Waals surface area contributed by atoms with E-state index in [-0.39, 0.29) is 25.0 Å². The number of hydrogen-bond acceptors (Lipinski definition) is 4. The lowest BCUT2D eigenvalue weighted by molar-refractivity contribution is -0.143. The monoisotopic (exact) mass is 452 g/mol. The first-order valence-corrected chi connectivity index (χ1v) is 11.1. The van der Waals surface area contributed by atoms with E-state index < -0.39 is 29.4 Å². The van der Waals surface area contributed by atoms with Crippen molar-refractivity contribution in [1.29, 1.82) is 0 Å². The van der Waals surface area contributed by atoms with Gasteiger partial charge in [-0.25, -0.2) is 4.79 Å². The summed E-state index contributed by atoms with van der Waals surface area (Å²) in [5.41, 5.74) is 3.90. The minimum Gasteiger partial charge on any atom is -0.481 e. The van der Waals surface area contributed by atoms with Crippen molar-refractivity contribution in [3.63, 3.8) is 0 Å². The molecule has 0 aliphatic heterocycles. The number of hydrogen-bond donors (Lipinski definition) is 2. The Bertz CT molecular complexity index is 997. The summed E-state index contributed by atoms with van der Waals surface area (Å²) >= 11 is 0. The van der Waals surface area contributed by atoms with Crippen LogP contribution in [0.2, 0.25) is 0 Å². The Labute approximate surface area is 194 Å². The number of carbonyl (C=O) groups excluding carboxylic acids is 2. The van der Waals surface area contributed by atoms with E-state index >= 15 is 0 Å². The van der Waals surface area contributed by atoms with Gasteiger partial charge in [0.2, 0.25) is 5.91 Å². The predicted molar refractivity (Wildman–Crippen MR) is 126 cm³/mol. The topological polar surface area (TPSA) is 95.9 Å². The van der Waals surface area contributed by atoms with Crippen LogP contribution in [0.25, 0.3) is 11.1 Å². The Morgan fingerprint density at radius 3 is 2.03 bits per heavy atom. The molecule has 2 aromatic rings. The molecule has 0 aromatic heterocycles. The molecular formula is C26H32N2O5. The first-order chi connectivity index (χ1) is 15.5. The fourth-order valence-electron chi connectivity index (χ4n) is 4.21. The van der Waals surface area contributed by atoms with E-state index in [9.17, 15) is 14.4 Å². The average molecular weight is 453 g/mol. The molecule has 1 aliphatic rings. The molecule has 0 bridgehead atoms. The molecule has 7 nitrogen and oxygen atoms in total. The third-order valence-corrected chi connectivity index (χ3v) is 6.06. The number of amides is 2. The zero-order valence-electron chi connectivity index (χ0n) is 19.8. The van der Waals surface area contributed by atoms with E-state index in [4.69, 9.17) is 9.84 Å². The molecule has 0 radical (unpaired) electrons. The maximum atomic E-state index is 13.0. The van der Waals surface area contributed by atoms with Crippen LogP contribution in [0.4, 0.5) is 4.79 Å². The molecule has 176 valence electrons. The Morgan fingerprint density at radius 2 is 1.55 bits per heavy atom. The van der Waals surface area contributed by atoms with Crippen LogP contribution in [0, 0.1) is 11.3 Å². The zero-order valence-corrected chi connectivity index (χ0v) is 19.8. The lowest BCUT2D eigenvalue weighted by Crippen LogP contribution is -2.54. The van der Waals surface area contributed by atoms with Crippen molar-refractivity contribution in [3.8, 4) is 11.1 Å². The molecule has 2 atom stereocenters. The van der Waals surface area contributed by atoms with Crippen molar-refractivity contribution in [3.05, 3.63) is 59.7 Å². The highest BCUT2D eigenvalue weighted by atomic mass is 16.5. The number of likely N-dealkylation sites (N-methyl/N-ethyl adjacent to an activating group) is 1. The summed E-state index contributed by atoms with van der Waals surface area (Å²) in [7, 11) is 1.54. The summed E-state index contributed by atoms with van der Waals surface area (Å²) in [6.45, 7) is 7.26. The second-order valence-corrected chi connectivity index (χ2v) is 9.73. The smallest absolute Gasteiger partial charge is 0.407 e. The largest absolute Gasteiger partial charge is 0.481 e. The van der Waals surface area contributed by atoms with E-state index in [2.05, 4.69) is 17.4 Å². The van der Waals surface area contributed by atoms with Crippen LogP contribution in [0.1, 0.15) is 44.7 Å². The summed E-state index contributed by atoms with van der Waals surface area (Å²) in [6, 6.07) is 15.3. The van der Waals surface area contributed by atoms with Gasteiger partial charge >= 0.3 is 12.1 Å². The van der Waals surface area contributed by atoms with Gasteiger partial charge in [-0.3, -0.25) is 9.59 Å². The van der Waals surface area contributed by atoms with Crippen LogP contribution in [0.3, 0.4) is 0 Å². The SMILES string of the molecule is CC(CN(C)C(=O)[C@@H](NC(=O)OCC1c2ccccc2-c2ccccc21)C(C)(C)C)C(=O)O. The fourth-order valence-corrected chi connectivity index (χ4v) is 4.21. The van der Waals surface area contributed by atoms with E-state index in [1.807, 2.05) is 57.2 Å². The quantitative estimate of drug-likeness (QED) is 0.659.